The Bertz CT molecular complexity index is 2800. The maximum Gasteiger partial charge on any atom is 0.0462 e. The number of para-hydroxylation sites is 5. The Morgan fingerprint density at radius 1 is 0.317 bits per heavy atom. The van der Waals surface area contributed by atoms with Crippen molar-refractivity contribution in [1.82, 2.24) is 0 Å². The van der Waals surface area contributed by atoms with Gasteiger partial charge in [0.15, 0.2) is 0 Å². The van der Waals surface area contributed by atoms with Gasteiger partial charge in [0, 0.05) is 57.1 Å². The lowest BCUT2D eigenvalue weighted by Crippen LogP contribution is -2.17. The highest BCUT2D eigenvalue weighted by atomic mass is 15.2. The van der Waals surface area contributed by atoms with Crippen LogP contribution in [-0.2, 0) is 0 Å². The smallest absolute Gasteiger partial charge is 0.0462 e. The fourth-order valence-electron chi connectivity index (χ4n) is 8.82. The lowest BCUT2D eigenvalue weighted by atomic mass is 9.86. The topological polar surface area (TPSA) is 9.72 Å². The first-order valence-electron chi connectivity index (χ1n) is 22.0. The van der Waals surface area contributed by atoms with E-state index in [1.54, 1.807) is 0 Å². The van der Waals surface area contributed by atoms with E-state index in [9.17, 15) is 0 Å². The van der Waals surface area contributed by atoms with Gasteiger partial charge < -0.3 is 14.7 Å². The Morgan fingerprint density at radius 2 is 0.698 bits per heavy atom. The molecule has 0 radical (unpaired) electrons. The Morgan fingerprint density at radius 3 is 1.08 bits per heavy atom. The van der Waals surface area contributed by atoms with E-state index >= 15 is 0 Å². The molecule has 8 aromatic rings. The van der Waals surface area contributed by atoms with Gasteiger partial charge in [0.05, 0.1) is 0 Å². The van der Waals surface area contributed by atoms with Crippen molar-refractivity contribution in [2.24, 2.45) is 0 Å². The summed E-state index contributed by atoms with van der Waals surface area (Å²) in [5.74, 6) is 0.213. The molecule has 0 spiro atoms. The van der Waals surface area contributed by atoms with E-state index in [4.69, 9.17) is 0 Å². The standard InChI is InChI=1S/C60H49N3/c1-7-19-52(20-8-1)61(53-21-9-2-10-22-53)58-37-31-46(32-38-58)49-43-50(47-33-39-59(40-34-47)62(54-23-11-3-12-24-54)55-25-13-4-14-26-55)45-51(44-49)48-35-41-60(42-36-48)63(56-27-15-5-16-28-56)57-29-17-6-18-30-57/h1-5,7-17,19-33,35-45,47H,6,18,34H2. The fourth-order valence-corrected chi connectivity index (χ4v) is 8.82. The Balaban J connectivity index is 1.02. The second-order valence-corrected chi connectivity index (χ2v) is 16.1. The van der Waals surface area contributed by atoms with Gasteiger partial charge in [-0.1, -0.05) is 152 Å². The van der Waals surface area contributed by atoms with Crippen molar-refractivity contribution in [3.05, 3.63) is 272 Å². The van der Waals surface area contributed by atoms with Crippen molar-refractivity contribution in [1.29, 1.82) is 0 Å². The van der Waals surface area contributed by atoms with E-state index in [0.29, 0.717) is 0 Å². The minimum Gasteiger partial charge on any atom is -0.311 e. The van der Waals surface area contributed by atoms with Crippen LogP contribution in [0.25, 0.3) is 22.3 Å². The zero-order valence-electron chi connectivity index (χ0n) is 35.3. The zero-order chi connectivity index (χ0) is 42.2. The van der Waals surface area contributed by atoms with E-state index in [2.05, 4.69) is 270 Å². The molecule has 0 aromatic heterocycles. The summed E-state index contributed by atoms with van der Waals surface area (Å²) in [6.07, 6.45) is 17.0. The molecular formula is C60H49N3. The van der Waals surface area contributed by atoms with Crippen LogP contribution in [0.15, 0.2) is 266 Å². The summed E-state index contributed by atoms with van der Waals surface area (Å²) >= 11 is 0. The molecule has 10 rings (SSSR count). The number of anilines is 7. The minimum absolute atomic E-state index is 0.213. The molecule has 0 saturated carbocycles. The van der Waals surface area contributed by atoms with Gasteiger partial charge in [-0.25, -0.2) is 0 Å². The van der Waals surface area contributed by atoms with Crippen LogP contribution in [-0.4, -0.2) is 0 Å². The SMILES string of the molecule is C1=CC(N(c2ccccc2)c2ccc(-c3cc(-c4ccc(N(c5ccccc5)c5ccccc5)cc4)cc(C4C=CC(N(c5ccccc5)c5ccccc5)=CC4)c3)cc2)=CCC1. The molecule has 2 aliphatic rings. The summed E-state index contributed by atoms with van der Waals surface area (Å²) in [7, 11) is 0. The molecule has 0 heterocycles. The predicted octanol–water partition coefficient (Wildman–Crippen LogP) is 16.6. The molecule has 0 fully saturated rings. The van der Waals surface area contributed by atoms with E-state index < -0.39 is 0 Å². The third-order valence-corrected chi connectivity index (χ3v) is 11.9. The van der Waals surface area contributed by atoms with Crippen LogP contribution < -0.4 is 14.7 Å². The highest BCUT2D eigenvalue weighted by Crippen LogP contribution is 2.41. The molecule has 8 aromatic carbocycles. The van der Waals surface area contributed by atoms with Gasteiger partial charge in [0.25, 0.3) is 0 Å². The third-order valence-electron chi connectivity index (χ3n) is 11.9. The lowest BCUT2D eigenvalue weighted by Gasteiger charge is -2.29. The highest BCUT2D eigenvalue weighted by molar-refractivity contribution is 5.81. The molecule has 0 amide bonds. The normalized spacial score (nSPS) is 14.4. The molecule has 3 nitrogen and oxygen atoms in total. The van der Waals surface area contributed by atoms with Crippen LogP contribution in [0, 0.1) is 0 Å². The highest BCUT2D eigenvalue weighted by Gasteiger charge is 2.21. The summed E-state index contributed by atoms with van der Waals surface area (Å²) in [5, 5.41) is 0. The summed E-state index contributed by atoms with van der Waals surface area (Å²) in [6, 6.07) is 78.5. The molecule has 0 aliphatic heterocycles. The summed E-state index contributed by atoms with van der Waals surface area (Å²) in [6.45, 7) is 0. The van der Waals surface area contributed by atoms with Gasteiger partial charge in [0.2, 0.25) is 0 Å². The zero-order valence-corrected chi connectivity index (χ0v) is 35.3. The number of rotatable bonds is 12. The second-order valence-electron chi connectivity index (χ2n) is 16.1. The first-order chi connectivity index (χ1) is 31.2. The van der Waals surface area contributed by atoms with Crippen molar-refractivity contribution in [2.75, 3.05) is 14.7 Å². The number of hydrogen-bond acceptors (Lipinski definition) is 3. The van der Waals surface area contributed by atoms with Crippen molar-refractivity contribution in [2.45, 2.75) is 25.2 Å². The molecule has 0 N–H and O–H groups in total. The van der Waals surface area contributed by atoms with Crippen molar-refractivity contribution >= 4 is 39.8 Å². The number of nitrogens with zero attached hydrogens (tertiary/aromatic N) is 3. The summed E-state index contributed by atoms with van der Waals surface area (Å²) in [4.78, 5) is 7.03. The van der Waals surface area contributed by atoms with Crippen LogP contribution in [0.3, 0.4) is 0 Å². The van der Waals surface area contributed by atoms with Crippen LogP contribution in [0.2, 0.25) is 0 Å². The molecule has 1 unspecified atom stereocenters. The van der Waals surface area contributed by atoms with Crippen molar-refractivity contribution in [3.8, 4) is 22.3 Å². The molecular weight excluding hydrogens is 763 g/mol. The number of allylic oxidation sites excluding steroid dienone is 6. The van der Waals surface area contributed by atoms with Crippen LogP contribution in [0.4, 0.5) is 39.8 Å². The van der Waals surface area contributed by atoms with Crippen molar-refractivity contribution in [3.63, 3.8) is 0 Å². The molecule has 304 valence electrons. The van der Waals surface area contributed by atoms with Crippen LogP contribution in [0.5, 0.6) is 0 Å². The Hall–Kier alpha value is -7.88. The van der Waals surface area contributed by atoms with Crippen LogP contribution in [0.1, 0.15) is 30.7 Å². The molecule has 63 heavy (non-hydrogen) atoms. The van der Waals surface area contributed by atoms with E-state index in [1.807, 2.05) is 0 Å². The Labute approximate surface area is 372 Å². The van der Waals surface area contributed by atoms with E-state index in [-0.39, 0.29) is 5.92 Å². The molecule has 0 bridgehead atoms. The average Bonchev–Trinajstić information content (AvgIpc) is 3.37. The molecule has 3 heteroatoms. The quantitative estimate of drug-likeness (QED) is 0.122. The summed E-state index contributed by atoms with van der Waals surface area (Å²) in [5.41, 5.74) is 16.4. The molecule has 2 aliphatic carbocycles. The van der Waals surface area contributed by atoms with Gasteiger partial charge in [-0.15, -0.1) is 0 Å². The maximum atomic E-state index is 2.40. The largest absolute Gasteiger partial charge is 0.311 e. The average molecular weight is 812 g/mol. The van der Waals surface area contributed by atoms with E-state index in [0.717, 1.165) is 59.1 Å². The first-order valence-corrected chi connectivity index (χ1v) is 22.0. The lowest BCUT2D eigenvalue weighted by molar-refractivity contribution is 0.840. The van der Waals surface area contributed by atoms with Gasteiger partial charge in [-0.05, 0) is 150 Å². The molecule has 0 saturated heterocycles. The van der Waals surface area contributed by atoms with Gasteiger partial charge in [-0.2, -0.15) is 0 Å². The predicted molar refractivity (Wildman–Crippen MR) is 267 cm³/mol. The Kier molecular flexibility index (Phi) is 11.5. The number of benzene rings is 8. The van der Waals surface area contributed by atoms with Crippen LogP contribution >= 0.6 is 0 Å². The fraction of sp³-hybridized carbons (Fsp3) is 0.0667. The van der Waals surface area contributed by atoms with Gasteiger partial charge >= 0.3 is 0 Å². The summed E-state index contributed by atoms with van der Waals surface area (Å²) < 4.78 is 0. The van der Waals surface area contributed by atoms with Crippen molar-refractivity contribution < 1.29 is 0 Å². The first kappa shape index (κ1) is 39.3. The monoisotopic (exact) mass is 811 g/mol. The number of hydrogen-bond donors (Lipinski definition) is 0. The maximum absolute atomic E-state index is 2.40. The molecule has 1 atom stereocenters. The van der Waals surface area contributed by atoms with Gasteiger partial charge in [-0.3, -0.25) is 0 Å². The minimum atomic E-state index is 0.213. The third kappa shape index (κ3) is 8.68. The van der Waals surface area contributed by atoms with Gasteiger partial charge in [0.1, 0.15) is 0 Å². The van der Waals surface area contributed by atoms with E-state index in [1.165, 1.54) is 39.2 Å². The second kappa shape index (κ2) is 18.4.